The molecule has 2 aliphatic rings. The standard InChI is InChI=1S/C20H21ClO5/c1-3-25-19(24)20(26-18(23)13-8-10-14(21)11-9-13)16-7-5-4-6-15(16)12(2)17(20)22/h8-11,16H,3-7H2,1-2H3/t16-,20+/m1/s1. The molecule has 6 heteroatoms. The summed E-state index contributed by atoms with van der Waals surface area (Å²) in [5.41, 5.74) is -0.246. The Labute approximate surface area is 157 Å². The van der Waals surface area contributed by atoms with Crippen molar-refractivity contribution in [1.29, 1.82) is 0 Å². The minimum Gasteiger partial charge on any atom is -0.463 e. The predicted octanol–water partition coefficient (Wildman–Crippen LogP) is 3.89. The van der Waals surface area contributed by atoms with Gasteiger partial charge in [-0.2, -0.15) is 0 Å². The molecule has 0 aromatic heterocycles. The van der Waals surface area contributed by atoms with Gasteiger partial charge in [0.1, 0.15) is 0 Å². The van der Waals surface area contributed by atoms with E-state index in [1.165, 1.54) is 12.1 Å². The number of halogens is 1. The molecule has 1 aromatic carbocycles. The van der Waals surface area contributed by atoms with E-state index in [0.29, 0.717) is 17.0 Å². The van der Waals surface area contributed by atoms with Crippen molar-refractivity contribution in [2.75, 3.05) is 6.61 Å². The normalized spacial score (nSPS) is 25.0. The van der Waals surface area contributed by atoms with Crippen LogP contribution < -0.4 is 0 Å². The van der Waals surface area contributed by atoms with Crippen molar-refractivity contribution in [2.24, 2.45) is 5.92 Å². The summed E-state index contributed by atoms with van der Waals surface area (Å²) in [6, 6.07) is 6.12. The molecular weight excluding hydrogens is 356 g/mol. The summed E-state index contributed by atoms with van der Waals surface area (Å²) in [7, 11) is 0. The third kappa shape index (κ3) is 2.94. The first-order valence-electron chi connectivity index (χ1n) is 8.82. The Kier molecular flexibility index (Phi) is 5.19. The number of carbonyl (C=O) groups excluding carboxylic acids is 3. The number of hydrogen-bond acceptors (Lipinski definition) is 5. The van der Waals surface area contributed by atoms with Gasteiger partial charge in [-0.3, -0.25) is 4.79 Å². The molecule has 5 nitrogen and oxygen atoms in total. The summed E-state index contributed by atoms with van der Waals surface area (Å²) in [6.07, 6.45) is 3.18. The predicted molar refractivity (Wildman–Crippen MR) is 95.9 cm³/mol. The average molecular weight is 377 g/mol. The van der Waals surface area contributed by atoms with Gasteiger partial charge in [0.25, 0.3) is 5.60 Å². The van der Waals surface area contributed by atoms with Crippen LogP contribution in [0.2, 0.25) is 5.02 Å². The second-order valence-corrected chi connectivity index (χ2v) is 7.07. The maximum absolute atomic E-state index is 13.1. The Hall–Kier alpha value is -2.14. The number of carbonyl (C=O) groups is 3. The van der Waals surface area contributed by atoms with Crippen LogP contribution in [0.4, 0.5) is 0 Å². The number of benzene rings is 1. The first-order chi connectivity index (χ1) is 12.4. The molecule has 0 heterocycles. The largest absolute Gasteiger partial charge is 0.463 e. The Bertz CT molecular complexity index is 780. The minimum absolute atomic E-state index is 0.105. The zero-order valence-electron chi connectivity index (χ0n) is 14.8. The van der Waals surface area contributed by atoms with Crippen molar-refractivity contribution in [2.45, 2.75) is 45.1 Å². The first-order valence-corrected chi connectivity index (χ1v) is 9.20. The summed E-state index contributed by atoms with van der Waals surface area (Å²) in [5, 5.41) is 0.477. The van der Waals surface area contributed by atoms with Crippen LogP contribution in [0.5, 0.6) is 0 Å². The topological polar surface area (TPSA) is 69.7 Å². The SMILES string of the molecule is CCOC(=O)[C@@]1(OC(=O)c2ccc(Cl)cc2)C(=O)C(C)=C2CCCC[C@H]21. The van der Waals surface area contributed by atoms with E-state index in [2.05, 4.69) is 0 Å². The Morgan fingerprint density at radius 1 is 1.23 bits per heavy atom. The highest BCUT2D eigenvalue weighted by Crippen LogP contribution is 2.48. The number of rotatable bonds is 4. The lowest BCUT2D eigenvalue weighted by molar-refractivity contribution is -0.173. The van der Waals surface area contributed by atoms with Crippen molar-refractivity contribution in [1.82, 2.24) is 0 Å². The van der Waals surface area contributed by atoms with Crippen LogP contribution in [0.25, 0.3) is 0 Å². The molecule has 0 saturated heterocycles. The van der Waals surface area contributed by atoms with Crippen molar-refractivity contribution >= 4 is 29.3 Å². The van der Waals surface area contributed by atoms with Crippen LogP contribution in [-0.4, -0.2) is 29.9 Å². The fraction of sp³-hybridized carbons (Fsp3) is 0.450. The molecule has 1 saturated carbocycles. The Morgan fingerprint density at radius 2 is 1.92 bits per heavy atom. The second-order valence-electron chi connectivity index (χ2n) is 6.63. The summed E-state index contributed by atoms with van der Waals surface area (Å²) in [6.45, 7) is 3.47. The Morgan fingerprint density at radius 3 is 2.58 bits per heavy atom. The summed E-state index contributed by atoms with van der Waals surface area (Å²) in [4.78, 5) is 38.6. The molecule has 0 amide bonds. The van der Waals surface area contributed by atoms with Gasteiger partial charge in [-0.05, 0) is 62.9 Å². The average Bonchev–Trinajstić information content (AvgIpc) is 2.85. The zero-order valence-corrected chi connectivity index (χ0v) is 15.6. The summed E-state index contributed by atoms with van der Waals surface area (Å²) >= 11 is 5.85. The van der Waals surface area contributed by atoms with Crippen LogP contribution in [0.1, 0.15) is 49.9 Å². The van der Waals surface area contributed by atoms with Crippen LogP contribution >= 0.6 is 11.6 Å². The molecule has 0 aliphatic heterocycles. The van der Waals surface area contributed by atoms with Crippen LogP contribution in [0.3, 0.4) is 0 Å². The van der Waals surface area contributed by atoms with Gasteiger partial charge >= 0.3 is 11.9 Å². The van der Waals surface area contributed by atoms with E-state index >= 15 is 0 Å². The molecule has 3 rings (SSSR count). The molecule has 1 fully saturated rings. The van der Waals surface area contributed by atoms with Crippen molar-refractivity contribution < 1.29 is 23.9 Å². The maximum Gasteiger partial charge on any atom is 0.359 e. The number of fused-ring (bicyclic) bond motifs is 1. The molecule has 2 atom stereocenters. The lowest BCUT2D eigenvalue weighted by Crippen LogP contribution is -2.54. The van der Waals surface area contributed by atoms with Crippen molar-refractivity contribution in [3.8, 4) is 0 Å². The van der Waals surface area contributed by atoms with Gasteiger partial charge < -0.3 is 9.47 Å². The molecule has 0 bridgehead atoms. The highest BCUT2D eigenvalue weighted by molar-refractivity contribution is 6.30. The van der Waals surface area contributed by atoms with Crippen molar-refractivity contribution in [3.63, 3.8) is 0 Å². The van der Waals surface area contributed by atoms with E-state index in [-0.39, 0.29) is 12.2 Å². The molecule has 138 valence electrons. The lowest BCUT2D eigenvalue weighted by Gasteiger charge is -2.34. The van der Waals surface area contributed by atoms with Gasteiger partial charge in [0.15, 0.2) is 0 Å². The molecule has 2 aliphatic carbocycles. The number of Topliss-reactive ketones (excluding diaryl/α,β-unsaturated/α-hetero) is 1. The fourth-order valence-corrected chi connectivity index (χ4v) is 4.04. The van der Waals surface area contributed by atoms with E-state index in [1.54, 1.807) is 26.0 Å². The van der Waals surface area contributed by atoms with Gasteiger partial charge in [0, 0.05) is 10.9 Å². The molecule has 0 spiro atoms. The third-order valence-corrected chi connectivity index (χ3v) is 5.42. The van der Waals surface area contributed by atoms with Gasteiger partial charge in [-0.25, -0.2) is 9.59 Å². The van der Waals surface area contributed by atoms with E-state index in [1.807, 2.05) is 0 Å². The quantitative estimate of drug-likeness (QED) is 0.589. The summed E-state index contributed by atoms with van der Waals surface area (Å²) in [5.74, 6) is -2.42. The van der Waals surface area contributed by atoms with E-state index in [9.17, 15) is 14.4 Å². The smallest absolute Gasteiger partial charge is 0.359 e. The first kappa shape index (κ1) is 18.6. The van der Waals surface area contributed by atoms with E-state index in [4.69, 9.17) is 21.1 Å². The van der Waals surface area contributed by atoms with Crippen LogP contribution in [-0.2, 0) is 19.1 Å². The van der Waals surface area contributed by atoms with Crippen molar-refractivity contribution in [3.05, 3.63) is 46.0 Å². The fourth-order valence-electron chi connectivity index (χ4n) is 3.92. The van der Waals surface area contributed by atoms with Gasteiger partial charge in [-0.15, -0.1) is 0 Å². The molecular formula is C20H21ClO5. The molecule has 26 heavy (non-hydrogen) atoms. The second kappa shape index (κ2) is 7.23. The van der Waals surface area contributed by atoms with E-state index < -0.39 is 29.2 Å². The van der Waals surface area contributed by atoms with Gasteiger partial charge in [-0.1, -0.05) is 23.6 Å². The van der Waals surface area contributed by atoms with Gasteiger partial charge in [0.2, 0.25) is 5.78 Å². The minimum atomic E-state index is -1.91. The Balaban J connectivity index is 2.00. The van der Waals surface area contributed by atoms with Crippen LogP contribution in [0.15, 0.2) is 35.4 Å². The third-order valence-electron chi connectivity index (χ3n) is 5.17. The monoisotopic (exact) mass is 376 g/mol. The van der Waals surface area contributed by atoms with Gasteiger partial charge in [0.05, 0.1) is 12.2 Å². The molecule has 0 unspecified atom stereocenters. The molecule has 0 radical (unpaired) electrons. The highest BCUT2D eigenvalue weighted by Gasteiger charge is 2.63. The number of ketones is 1. The van der Waals surface area contributed by atoms with Crippen LogP contribution in [0, 0.1) is 5.92 Å². The lowest BCUT2D eigenvalue weighted by atomic mass is 9.77. The highest BCUT2D eigenvalue weighted by atomic mass is 35.5. The maximum atomic E-state index is 13.1. The summed E-state index contributed by atoms with van der Waals surface area (Å²) < 4.78 is 10.8. The van der Waals surface area contributed by atoms with E-state index in [0.717, 1.165) is 24.8 Å². The molecule has 0 N–H and O–H groups in total. The zero-order chi connectivity index (χ0) is 18.9. The number of ether oxygens (including phenoxy) is 2. The number of esters is 2. The molecule has 1 aromatic rings. The number of hydrogen-bond donors (Lipinski definition) is 0.